The minimum atomic E-state index is -3.56. The zero-order valence-corrected chi connectivity index (χ0v) is 15.1. The molecule has 1 fully saturated rings. The Hall–Kier alpha value is -2.39. The number of likely N-dealkylation sites (tertiary alicyclic amines) is 1. The molecule has 0 bridgehead atoms. The van der Waals surface area contributed by atoms with Gasteiger partial charge >= 0.3 is 0 Å². The summed E-state index contributed by atoms with van der Waals surface area (Å²) >= 11 is 0. The second-order valence-electron chi connectivity index (χ2n) is 6.71. The number of hydrogen-bond donors (Lipinski definition) is 2. The average molecular weight is 375 g/mol. The largest absolute Gasteiger partial charge is 0.365 e. The molecule has 8 nitrogen and oxygen atoms in total. The number of fused-ring (bicyclic) bond motifs is 1. The maximum Gasteiger partial charge on any atom is 0.244 e. The van der Waals surface area contributed by atoms with Crippen LogP contribution in [0.2, 0.25) is 0 Å². The number of nitrogens with zero attached hydrogens (tertiary/aromatic N) is 3. The second kappa shape index (κ2) is 6.40. The van der Waals surface area contributed by atoms with Crippen LogP contribution in [0.1, 0.15) is 19.3 Å². The lowest BCUT2D eigenvalue weighted by atomic mass is 9.97. The molecule has 0 radical (unpaired) electrons. The lowest BCUT2D eigenvalue weighted by Crippen LogP contribution is -2.62. The molecule has 2 aliphatic rings. The molecule has 0 saturated carbocycles. The Balaban J connectivity index is 1.41. The number of amides is 1. The molecular formula is C17H21N5O3S. The monoisotopic (exact) mass is 375 g/mol. The first kappa shape index (κ1) is 17.0. The number of aryl methyl sites for hydroxylation is 1. The standard InChI is InChI=1S/C17H21N5O3S/c23-16(6-11-22-10-3-9-18-22)21-12-7-17(8-13-21)19-14-4-1-2-5-15(14)26(24,25)20-17/h1-5,9-10,19-20H,6-8,11-13H2. The van der Waals surface area contributed by atoms with Crippen LogP contribution >= 0.6 is 0 Å². The molecule has 26 heavy (non-hydrogen) atoms. The molecule has 138 valence electrons. The summed E-state index contributed by atoms with van der Waals surface area (Å²) < 4.78 is 29.6. The minimum Gasteiger partial charge on any atom is -0.365 e. The normalized spacial score (nSPS) is 20.4. The number of piperidine rings is 1. The fourth-order valence-electron chi connectivity index (χ4n) is 3.57. The van der Waals surface area contributed by atoms with E-state index < -0.39 is 15.7 Å². The number of sulfonamides is 1. The number of hydrogen-bond acceptors (Lipinski definition) is 5. The Morgan fingerprint density at radius 1 is 1.19 bits per heavy atom. The highest BCUT2D eigenvalue weighted by atomic mass is 32.2. The third-order valence-corrected chi connectivity index (χ3v) is 6.56. The Morgan fingerprint density at radius 2 is 1.96 bits per heavy atom. The summed E-state index contributed by atoms with van der Waals surface area (Å²) in [5.41, 5.74) is -0.115. The van der Waals surface area contributed by atoms with Gasteiger partial charge in [-0.2, -0.15) is 9.82 Å². The van der Waals surface area contributed by atoms with E-state index in [9.17, 15) is 13.2 Å². The van der Waals surface area contributed by atoms with Crippen molar-refractivity contribution in [1.82, 2.24) is 19.4 Å². The highest BCUT2D eigenvalue weighted by molar-refractivity contribution is 7.89. The number of carbonyl (C=O) groups excluding carboxylic acids is 1. The van der Waals surface area contributed by atoms with Crippen molar-refractivity contribution in [2.45, 2.75) is 36.4 Å². The van der Waals surface area contributed by atoms with Crippen molar-refractivity contribution in [3.05, 3.63) is 42.7 Å². The number of nitrogens with one attached hydrogen (secondary N) is 2. The van der Waals surface area contributed by atoms with E-state index in [1.807, 2.05) is 18.3 Å². The molecule has 0 aliphatic carbocycles. The molecule has 2 aromatic rings. The van der Waals surface area contributed by atoms with Gasteiger partial charge in [-0.25, -0.2) is 8.42 Å². The Kier molecular flexibility index (Phi) is 4.20. The van der Waals surface area contributed by atoms with E-state index >= 15 is 0 Å². The molecule has 2 N–H and O–H groups in total. The Bertz CT molecular complexity index is 902. The SMILES string of the molecule is O=C(CCn1cccn1)N1CCC2(CC1)Nc1ccccc1S(=O)(=O)N2. The van der Waals surface area contributed by atoms with E-state index in [0.29, 0.717) is 44.6 Å². The molecule has 1 spiro atoms. The van der Waals surface area contributed by atoms with Crippen LogP contribution in [0.15, 0.2) is 47.6 Å². The van der Waals surface area contributed by atoms with E-state index in [1.165, 1.54) is 0 Å². The maximum atomic E-state index is 12.6. The first-order chi connectivity index (χ1) is 12.5. The highest BCUT2D eigenvalue weighted by Crippen LogP contribution is 2.34. The van der Waals surface area contributed by atoms with Gasteiger partial charge in [-0.05, 0) is 18.2 Å². The smallest absolute Gasteiger partial charge is 0.244 e. The summed E-state index contributed by atoms with van der Waals surface area (Å²) in [6.07, 6.45) is 4.95. The summed E-state index contributed by atoms with van der Waals surface area (Å²) in [4.78, 5) is 14.5. The average Bonchev–Trinajstić information content (AvgIpc) is 3.13. The number of para-hydroxylation sites is 1. The second-order valence-corrected chi connectivity index (χ2v) is 8.36. The molecule has 1 amide bonds. The fraction of sp³-hybridized carbons (Fsp3) is 0.412. The molecule has 1 saturated heterocycles. The molecule has 0 atom stereocenters. The van der Waals surface area contributed by atoms with Gasteiger partial charge in [-0.1, -0.05) is 12.1 Å². The van der Waals surface area contributed by atoms with E-state index in [-0.39, 0.29) is 10.8 Å². The molecular weight excluding hydrogens is 354 g/mol. The van der Waals surface area contributed by atoms with Gasteiger partial charge < -0.3 is 10.2 Å². The lowest BCUT2D eigenvalue weighted by molar-refractivity contribution is -0.133. The summed E-state index contributed by atoms with van der Waals surface area (Å²) in [5, 5.41) is 7.44. The van der Waals surface area contributed by atoms with Crippen LogP contribution in [0.3, 0.4) is 0 Å². The quantitative estimate of drug-likeness (QED) is 0.834. The van der Waals surface area contributed by atoms with Gasteiger partial charge in [-0.3, -0.25) is 9.48 Å². The predicted molar refractivity (Wildman–Crippen MR) is 95.8 cm³/mol. The number of benzene rings is 1. The number of carbonyl (C=O) groups is 1. The molecule has 0 unspecified atom stereocenters. The molecule has 9 heteroatoms. The van der Waals surface area contributed by atoms with Crippen molar-refractivity contribution in [3.63, 3.8) is 0 Å². The maximum absolute atomic E-state index is 12.6. The van der Waals surface area contributed by atoms with E-state index in [1.54, 1.807) is 34.0 Å². The zero-order chi connectivity index (χ0) is 18.2. The summed E-state index contributed by atoms with van der Waals surface area (Å²) in [6, 6.07) is 8.71. The van der Waals surface area contributed by atoms with Gasteiger partial charge in [-0.15, -0.1) is 0 Å². The first-order valence-electron chi connectivity index (χ1n) is 8.64. The van der Waals surface area contributed by atoms with Crippen molar-refractivity contribution < 1.29 is 13.2 Å². The van der Waals surface area contributed by atoms with Crippen LogP contribution in [0.5, 0.6) is 0 Å². The van der Waals surface area contributed by atoms with E-state index in [4.69, 9.17) is 0 Å². The van der Waals surface area contributed by atoms with E-state index in [2.05, 4.69) is 15.1 Å². The number of aromatic nitrogens is 2. The van der Waals surface area contributed by atoms with Crippen LogP contribution in [0, 0.1) is 0 Å². The van der Waals surface area contributed by atoms with Crippen LogP contribution < -0.4 is 10.0 Å². The van der Waals surface area contributed by atoms with Gasteiger partial charge in [0.2, 0.25) is 15.9 Å². The topological polar surface area (TPSA) is 96.3 Å². The fourth-order valence-corrected chi connectivity index (χ4v) is 5.11. The van der Waals surface area contributed by atoms with Crippen molar-refractivity contribution in [2.75, 3.05) is 18.4 Å². The van der Waals surface area contributed by atoms with Gasteiger partial charge in [0.05, 0.1) is 5.69 Å². The van der Waals surface area contributed by atoms with Crippen LogP contribution in [-0.2, 0) is 21.4 Å². The van der Waals surface area contributed by atoms with Crippen molar-refractivity contribution >= 4 is 21.6 Å². The van der Waals surface area contributed by atoms with Crippen molar-refractivity contribution in [2.24, 2.45) is 0 Å². The summed E-state index contributed by atoms with van der Waals surface area (Å²) in [7, 11) is -3.56. The predicted octanol–water partition coefficient (Wildman–Crippen LogP) is 0.996. The van der Waals surface area contributed by atoms with Crippen LogP contribution in [-0.4, -0.2) is 47.8 Å². The van der Waals surface area contributed by atoms with Crippen LogP contribution in [0.25, 0.3) is 0 Å². The number of anilines is 1. The first-order valence-corrected chi connectivity index (χ1v) is 10.1. The third-order valence-electron chi connectivity index (χ3n) is 4.96. The molecule has 1 aromatic carbocycles. The molecule has 1 aromatic heterocycles. The minimum absolute atomic E-state index is 0.0643. The van der Waals surface area contributed by atoms with Crippen LogP contribution in [0.4, 0.5) is 5.69 Å². The molecule has 2 aliphatic heterocycles. The Labute approximate surface area is 152 Å². The van der Waals surface area contributed by atoms with E-state index in [0.717, 1.165) is 0 Å². The molecule has 3 heterocycles. The van der Waals surface area contributed by atoms with Gasteiger partial charge in [0.25, 0.3) is 0 Å². The lowest BCUT2D eigenvalue weighted by Gasteiger charge is -2.45. The third kappa shape index (κ3) is 3.19. The molecule has 4 rings (SSSR count). The summed E-state index contributed by atoms with van der Waals surface area (Å²) in [5.74, 6) is 0.0643. The van der Waals surface area contributed by atoms with Crippen molar-refractivity contribution in [3.8, 4) is 0 Å². The van der Waals surface area contributed by atoms with Gasteiger partial charge in [0, 0.05) is 51.3 Å². The summed E-state index contributed by atoms with van der Waals surface area (Å²) in [6.45, 7) is 1.57. The van der Waals surface area contributed by atoms with Crippen molar-refractivity contribution in [1.29, 1.82) is 0 Å². The Morgan fingerprint density at radius 3 is 2.69 bits per heavy atom. The van der Waals surface area contributed by atoms with Gasteiger partial charge in [0.1, 0.15) is 10.6 Å². The number of rotatable bonds is 3. The zero-order valence-electron chi connectivity index (χ0n) is 14.3. The highest BCUT2D eigenvalue weighted by Gasteiger charge is 2.43. The van der Waals surface area contributed by atoms with Gasteiger partial charge in [0.15, 0.2) is 0 Å².